The van der Waals surface area contributed by atoms with Crippen LogP contribution in [0.1, 0.15) is 5.56 Å². The second-order valence-electron chi connectivity index (χ2n) is 5.95. The SMILES string of the molecule is CN=c1scc(-c2ccc3c(c2)NC(=O)CO3)n1N=Cc1cccc(O)c1O. The molecule has 0 unspecified atom stereocenters. The number of nitrogens with zero attached hydrogens (tertiary/aromatic N) is 3. The number of aromatic hydroxyl groups is 2. The first-order valence-corrected chi connectivity index (χ1v) is 9.20. The molecule has 28 heavy (non-hydrogen) atoms. The Balaban J connectivity index is 1.77. The highest BCUT2D eigenvalue weighted by Crippen LogP contribution is 2.33. The third-order valence-corrected chi connectivity index (χ3v) is 5.05. The zero-order chi connectivity index (χ0) is 19.7. The largest absolute Gasteiger partial charge is 0.504 e. The number of benzene rings is 2. The van der Waals surface area contributed by atoms with Gasteiger partial charge < -0.3 is 20.3 Å². The van der Waals surface area contributed by atoms with Crippen molar-refractivity contribution in [2.45, 2.75) is 0 Å². The molecule has 3 N–H and O–H groups in total. The topological polar surface area (TPSA) is 108 Å². The maximum atomic E-state index is 11.6. The van der Waals surface area contributed by atoms with Gasteiger partial charge in [0.25, 0.3) is 5.91 Å². The van der Waals surface area contributed by atoms with Crippen molar-refractivity contribution in [1.82, 2.24) is 4.68 Å². The third-order valence-electron chi connectivity index (χ3n) is 4.14. The van der Waals surface area contributed by atoms with E-state index in [1.54, 1.807) is 29.9 Å². The fraction of sp³-hybridized carbons (Fsp3) is 0.105. The highest BCUT2D eigenvalue weighted by molar-refractivity contribution is 7.07. The number of phenols is 2. The number of amides is 1. The molecule has 2 heterocycles. The van der Waals surface area contributed by atoms with Gasteiger partial charge in [0.05, 0.1) is 17.6 Å². The summed E-state index contributed by atoms with van der Waals surface area (Å²) in [6.07, 6.45) is 1.45. The van der Waals surface area contributed by atoms with Crippen molar-refractivity contribution >= 4 is 29.1 Å². The Morgan fingerprint density at radius 2 is 2.14 bits per heavy atom. The van der Waals surface area contributed by atoms with E-state index in [4.69, 9.17) is 4.74 Å². The summed E-state index contributed by atoms with van der Waals surface area (Å²) >= 11 is 1.40. The van der Waals surface area contributed by atoms with E-state index >= 15 is 0 Å². The van der Waals surface area contributed by atoms with Crippen LogP contribution in [0.4, 0.5) is 5.69 Å². The van der Waals surface area contributed by atoms with Gasteiger partial charge in [-0.05, 0) is 30.3 Å². The molecule has 0 atom stereocenters. The minimum Gasteiger partial charge on any atom is -0.504 e. The number of carbonyl (C=O) groups is 1. The molecule has 1 aliphatic rings. The molecule has 0 fully saturated rings. The molecule has 1 aromatic heterocycles. The first kappa shape index (κ1) is 17.8. The summed E-state index contributed by atoms with van der Waals surface area (Å²) in [7, 11) is 1.66. The second-order valence-corrected chi connectivity index (χ2v) is 6.78. The van der Waals surface area contributed by atoms with Crippen LogP contribution in [-0.4, -0.2) is 40.7 Å². The van der Waals surface area contributed by atoms with Gasteiger partial charge in [0.2, 0.25) is 4.80 Å². The van der Waals surface area contributed by atoms with Crippen molar-refractivity contribution in [3.05, 3.63) is 52.1 Å². The van der Waals surface area contributed by atoms with Gasteiger partial charge in [0.15, 0.2) is 18.1 Å². The van der Waals surface area contributed by atoms with E-state index in [0.717, 1.165) is 11.3 Å². The summed E-state index contributed by atoms with van der Waals surface area (Å²) in [4.78, 5) is 16.5. The van der Waals surface area contributed by atoms with Crippen molar-refractivity contribution in [2.75, 3.05) is 19.0 Å². The van der Waals surface area contributed by atoms with Crippen LogP contribution in [0.15, 0.2) is 51.9 Å². The van der Waals surface area contributed by atoms with Crippen LogP contribution in [0, 0.1) is 0 Å². The summed E-state index contributed by atoms with van der Waals surface area (Å²) in [5.41, 5.74) is 2.53. The minimum atomic E-state index is -0.243. The predicted molar refractivity (Wildman–Crippen MR) is 106 cm³/mol. The quantitative estimate of drug-likeness (QED) is 0.466. The van der Waals surface area contributed by atoms with Gasteiger partial charge >= 0.3 is 0 Å². The summed E-state index contributed by atoms with van der Waals surface area (Å²) < 4.78 is 7.02. The van der Waals surface area contributed by atoms with Crippen LogP contribution in [0.3, 0.4) is 0 Å². The van der Waals surface area contributed by atoms with Gasteiger partial charge in [0, 0.05) is 23.6 Å². The zero-order valence-corrected chi connectivity index (χ0v) is 15.6. The zero-order valence-electron chi connectivity index (χ0n) is 14.8. The van der Waals surface area contributed by atoms with E-state index in [1.165, 1.54) is 23.6 Å². The monoisotopic (exact) mass is 396 g/mol. The van der Waals surface area contributed by atoms with Crippen molar-refractivity contribution in [2.24, 2.45) is 10.1 Å². The van der Waals surface area contributed by atoms with E-state index in [9.17, 15) is 15.0 Å². The number of thiazole rings is 1. The standard InChI is InChI=1S/C19H16N4O4S/c1-20-19-23(21-8-12-3-2-4-15(24)18(12)26)14(10-28-19)11-5-6-16-13(7-11)22-17(25)9-27-16/h2-8,10,24,26H,9H2,1H3,(H,22,25). The van der Waals surface area contributed by atoms with Crippen molar-refractivity contribution < 1.29 is 19.7 Å². The Bertz CT molecular complexity index is 1160. The highest BCUT2D eigenvalue weighted by Gasteiger charge is 2.17. The lowest BCUT2D eigenvalue weighted by atomic mass is 10.1. The molecule has 4 rings (SSSR count). The number of aromatic nitrogens is 1. The molecule has 0 radical (unpaired) electrons. The summed E-state index contributed by atoms with van der Waals surface area (Å²) in [6.45, 7) is 0.00136. The second kappa shape index (κ2) is 7.20. The van der Waals surface area contributed by atoms with E-state index in [1.807, 2.05) is 17.5 Å². The number of nitrogens with one attached hydrogen (secondary N) is 1. The number of phenolic OH excluding ortho intramolecular Hbond substituents is 2. The van der Waals surface area contributed by atoms with Gasteiger partial charge in [-0.1, -0.05) is 6.07 Å². The molecule has 8 nitrogen and oxygen atoms in total. The molecule has 0 saturated heterocycles. The number of ether oxygens (including phenoxy) is 1. The first-order valence-electron chi connectivity index (χ1n) is 8.32. The number of hydrogen-bond donors (Lipinski definition) is 3. The van der Waals surface area contributed by atoms with Crippen LogP contribution in [0.5, 0.6) is 17.2 Å². The molecule has 0 saturated carbocycles. The van der Waals surface area contributed by atoms with Crippen LogP contribution in [0.2, 0.25) is 0 Å². The lowest BCUT2D eigenvalue weighted by molar-refractivity contribution is -0.118. The lowest BCUT2D eigenvalue weighted by Gasteiger charge is -2.18. The number of hydrogen-bond acceptors (Lipinski definition) is 7. The Kier molecular flexibility index (Phi) is 4.58. The molecule has 3 aromatic rings. The summed E-state index contributed by atoms with van der Waals surface area (Å²) in [6, 6.07) is 10.1. The number of fused-ring (bicyclic) bond motifs is 1. The van der Waals surface area contributed by atoms with Crippen LogP contribution >= 0.6 is 11.3 Å². The maximum absolute atomic E-state index is 11.6. The Labute approximate surface area is 163 Å². The smallest absolute Gasteiger partial charge is 0.262 e. The number of para-hydroxylation sites is 1. The van der Waals surface area contributed by atoms with E-state index < -0.39 is 0 Å². The van der Waals surface area contributed by atoms with Gasteiger partial charge in [-0.2, -0.15) is 5.10 Å². The van der Waals surface area contributed by atoms with Crippen LogP contribution in [0.25, 0.3) is 11.3 Å². The van der Waals surface area contributed by atoms with Gasteiger partial charge in [-0.15, -0.1) is 11.3 Å². The molecule has 9 heteroatoms. The van der Waals surface area contributed by atoms with Crippen molar-refractivity contribution in [3.63, 3.8) is 0 Å². The molecule has 142 valence electrons. The summed E-state index contributed by atoms with van der Waals surface area (Å²) in [5.74, 6) is -0.0548. The molecule has 0 bridgehead atoms. The molecular formula is C19H16N4O4S. The average molecular weight is 396 g/mol. The minimum absolute atomic E-state index is 0.00136. The van der Waals surface area contributed by atoms with Crippen LogP contribution in [-0.2, 0) is 4.79 Å². The lowest BCUT2D eigenvalue weighted by Crippen LogP contribution is -2.25. The molecular weight excluding hydrogens is 380 g/mol. The predicted octanol–water partition coefficient (Wildman–Crippen LogP) is 2.37. The third kappa shape index (κ3) is 3.23. The first-order chi connectivity index (χ1) is 13.6. The number of carbonyl (C=O) groups excluding carboxylic acids is 1. The molecule has 1 aliphatic heterocycles. The van der Waals surface area contributed by atoms with E-state index in [-0.39, 0.29) is 24.0 Å². The van der Waals surface area contributed by atoms with Gasteiger partial charge in [-0.25, -0.2) is 4.68 Å². The van der Waals surface area contributed by atoms with Crippen molar-refractivity contribution in [1.29, 1.82) is 0 Å². The van der Waals surface area contributed by atoms with Gasteiger partial charge in [0.1, 0.15) is 5.75 Å². The normalized spacial score (nSPS) is 14.0. The Morgan fingerprint density at radius 1 is 1.29 bits per heavy atom. The summed E-state index contributed by atoms with van der Waals surface area (Å²) in [5, 5.41) is 28.7. The fourth-order valence-electron chi connectivity index (χ4n) is 2.78. The average Bonchev–Trinajstić information content (AvgIpc) is 3.11. The van der Waals surface area contributed by atoms with E-state index in [2.05, 4.69) is 15.4 Å². The Hall–Kier alpha value is -3.59. The molecule has 2 aromatic carbocycles. The number of rotatable bonds is 3. The highest BCUT2D eigenvalue weighted by atomic mass is 32.1. The Morgan fingerprint density at radius 3 is 2.96 bits per heavy atom. The van der Waals surface area contributed by atoms with Gasteiger partial charge in [-0.3, -0.25) is 9.79 Å². The number of anilines is 1. The van der Waals surface area contributed by atoms with Crippen molar-refractivity contribution in [3.8, 4) is 28.5 Å². The molecule has 1 amide bonds. The fourth-order valence-corrected chi connectivity index (χ4v) is 3.58. The maximum Gasteiger partial charge on any atom is 0.262 e. The molecule has 0 aliphatic carbocycles. The van der Waals surface area contributed by atoms with Crippen LogP contribution < -0.4 is 14.9 Å². The molecule has 0 spiro atoms. The van der Waals surface area contributed by atoms with E-state index in [0.29, 0.717) is 21.8 Å².